The van der Waals surface area contributed by atoms with E-state index in [9.17, 15) is 0 Å². The minimum atomic E-state index is -0.907. The SMILES string of the molecule is CC(Cc1ccccc1)[C@]1(Nc2nc(-c3ccccc3)cc3ncnn23)N=C(N)C=CN1. The van der Waals surface area contributed by atoms with Crippen molar-refractivity contribution >= 4 is 17.4 Å². The van der Waals surface area contributed by atoms with Crippen molar-refractivity contribution in [3.05, 3.63) is 90.9 Å². The standard InChI is InChI=1S/C24H24N8/c1-17(14-18-8-4-2-5-9-18)24(27-13-12-21(25)30-24)31-23-29-20(19-10-6-3-7-11-19)15-22-26-16-28-32(22)23/h2-13,15-17,27H,14H2,1H3,(H2,25,30)(H,29,31)/t17?,24-/m1/s1. The molecule has 1 aliphatic heterocycles. The zero-order chi connectivity index (χ0) is 22.0. The van der Waals surface area contributed by atoms with Gasteiger partial charge in [0.2, 0.25) is 11.7 Å². The number of nitrogens with two attached hydrogens (primary N) is 1. The molecule has 0 aliphatic carbocycles. The number of aromatic nitrogens is 4. The van der Waals surface area contributed by atoms with Gasteiger partial charge in [-0.25, -0.2) is 15.0 Å². The van der Waals surface area contributed by atoms with Crippen LogP contribution in [0, 0.1) is 5.92 Å². The second-order valence-corrected chi connectivity index (χ2v) is 7.86. The molecule has 1 unspecified atom stereocenters. The highest BCUT2D eigenvalue weighted by molar-refractivity contribution is 5.92. The van der Waals surface area contributed by atoms with E-state index >= 15 is 0 Å². The molecule has 0 spiro atoms. The lowest BCUT2D eigenvalue weighted by Crippen LogP contribution is -2.56. The summed E-state index contributed by atoms with van der Waals surface area (Å²) in [5.74, 6) is 0.0769. The Morgan fingerprint density at radius 1 is 1.09 bits per heavy atom. The number of nitrogens with zero attached hydrogens (tertiary/aromatic N) is 5. The third kappa shape index (κ3) is 3.78. The number of benzene rings is 2. The number of fused-ring (bicyclic) bond motifs is 1. The Morgan fingerprint density at radius 3 is 2.59 bits per heavy atom. The topological polar surface area (TPSA) is 106 Å². The van der Waals surface area contributed by atoms with E-state index in [2.05, 4.69) is 39.8 Å². The third-order valence-corrected chi connectivity index (χ3v) is 5.60. The quantitative estimate of drug-likeness (QED) is 0.439. The predicted molar refractivity (Wildman–Crippen MR) is 126 cm³/mol. The molecule has 0 fully saturated rings. The average molecular weight is 425 g/mol. The van der Waals surface area contributed by atoms with Gasteiger partial charge in [0, 0.05) is 23.7 Å². The summed E-state index contributed by atoms with van der Waals surface area (Å²) in [6, 6.07) is 22.2. The Labute approximate surface area is 185 Å². The van der Waals surface area contributed by atoms with Crippen molar-refractivity contribution in [1.29, 1.82) is 0 Å². The molecule has 0 amide bonds. The van der Waals surface area contributed by atoms with Crippen LogP contribution < -0.4 is 16.4 Å². The molecule has 3 heterocycles. The van der Waals surface area contributed by atoms with Crippen molar-refractivity contribution in [1.82, 2.24) is 24.9 Å². The number of anilines is 1. The molecule has 0 saturated carbocycles. The van der Waals surface area contributed by atoms with E-state index in [1.54, 1.807) is 10.6 Å². The highest BCUT2D eigenvalue weighted by Gasteiger charge is 2.38. The smallest absolute Gasteiger partial charge is 0.229 e. The van der Waals surface area contributed by atoms with E-state index in [1.165, 1.54) is 11.9 Å². The van der Waals surface area contributed by atoms with Gasteiger partial charge in [0.15, 0.2) is 5.65 Å². The second kappa shape index (κ2) is 8.14. The van der Waals surface area contributed by atoms with Crippen LogP contribution in [0.4, 0.5) is 5.95 Å². The zero-order valence-corrected chi connectivity index (χ0v) is 17.7. The maximum Gasteiger partial charge on any atom is 0.229 e. The average Bonchev–Trinajstić information content (AvgIpc) is 3.29. The highest BCUT2D eigenvalue weighted by atomic mass is 15.4. The molecule has 8 heteroatoms. The monoisotopic (exact) mass is 424 g/mol. The van der Waals surface area contributed by atoms with Crippen LogP contribution in [0.1, 0.15) is 12.5 Å². The molecule has 4 N–H and O–H groups in total. The Balaban J connectivity index is 1.57. The van der Waals surface area contributed by atoms with Gasteiger partial charge < -0.3 is 16.4 Å². The lowest BCUT2D eigenvalue weighted by Gasteiger charge is -2.38. The lowest BCUT2D eigenvalue weighted by atomic mass is 9.93. The van der Waals surface area contributed by atoms with E-state index in [0.29, 0.717) is 17.4 Å². The first-order chi connectivity index (χ1) is 15.6. The Bertz CT molecular complexity index is 1280. The van der Waals surface area contributed by atoms with Gasteiger partial charge in [-0.2, -0.15) is 9.61 Å². The first-order valence-electron chi connectivity index (χ1n) is 10.5. The maximum atomic E-state index is 6.14. The van der Waals surface area contributed by atoms with Gasteiger partial charge in [0.05, 0.1) is 5.69 Å². The van der Waals surface area contributed by atoms with Crippen molar-refractivity contribution < 1.29 is 0 Å². The molecule has 0 saturated heterocycles. The zero-order valence-electron chi connectivity index (χ0n) is 17.7. The van der Waals surface area contributed by atoms with Crippen molar-refractivity contribution in [2.24, 2.45) is 16.6 Å². The largest absolute Gasteiger partial charge is 0.384 e. The molecule has 5 rings (SSSR count). The molecule has 32 heavy (non-hydrogen) atoms. The molecule has 2 aromatic heterocycles. The second-order valence-electron chi connectivity index (χ2n) is 7.86. The number of nitrogens with one attached hydrogen (secondary N) is 2. The molecule has 2 aromatic carbocycles. The van der Waals surface area contributed by atoms with Crippen LogP contribution in [-0.4, -0.2) is 31.2 Å². The molecule has 1 aliphatic rings. The number of amidine groups is 1. The van der Waals surface area contributed by atoms with Crippen LogP contribution in [0.25, 0.3) is 16.9 Å². The lowest BCUT2D eigenvalue weighted by molar-refractivity contribution is 0.290. The van der Waals surface area contributed by atoms with Gasteiger partial charge in [-0.3, -0.25) is 0 Å². The van der Waals surface area contributed by atoms with Gasteiger partial charge in [-0.1, -0.05) is 67.6 Å². The predicted octanol–water partition coefficient (Wildman–Crippen LogP) is 3.21. The van der Waals surface area contributed by atoms with Crippen LogP contribution in [0.5, 0.6) is 0 Å². The van der Waals surface area contributed by atoms with E-state index in [-0.39, 0.29) is 5.92 Å². The summed E-state index contributed by atoms with van der Waals surface area (Å²) < 4.78 is 1.68. The summed E-state index contributed by atoms with van der Waals surface area (Å²) in [7, 11) is 0. The first-order valence-corrected chi connectivity index (χ1v) is 10.5. The van der Waals surface area contributed by atoms with E-state index in [4.69, 9.17) is 15.7 Å². The molecule has 8 nitrogen and oxygen atoms in total. The summed E-state index contributed by atoms with van der Waals surface area (Å²) in [5, 5.41) is 11.3. The van der Waals surface area contributed by atoms with E-state index in [1.807, 2.05) is 60.8 Å². The fourth-order valence-electron chi connectivity index (χ4n) is 3.92. The molecule has 0 bridgehead atoms. The fraction of sp³-hybridized carbons (Fsp3) is 0.167. The first kappa shape index (κ1) is 19.7. The minimum Gasteiger partial charge on any atom is -0.384 e. The Hall–Kier alpha value is -4.20. The van der Waals surface area contributed by atoms with E-state index < -0.39 is 5.79 Å². The van der Waals surface area contributed by atoms with Crippen molar-refractivity contribution in [3.63, 3.8) is 0 Å². The Morgan fingerprint density at radius 2 is 1.84 bits per heavy atom. The van der Waals surface area contributed by atoms with Crippen molar-refractivity contribution in [2.75, 3.05) is 5.32 Å². The Kier molecular flexibility index (Phi) is 5.03. The van der Waals surface area contributed by atoms with E-state index in [0.717, 1.165) is 17.7 Å². The number of hydrogen-bond donors (Lipinski definition) is 3. The van der Waals surface area contributed by atoms with Crippen molar-refractivity contribution in [3.8, 4) is 11.3 Å². The van der Waals surface area contributed by atoms with Gasteiger partial charge in [-0.15, -0.1) is 0 Å². The molecule has 0 radical (unpaired) electrons. The number of rotatable bonds is 6. The minimum absolute atomic E-state index is 0.0224. The maximum absolute atomic E-state index is 6.14. The fourth-order valence-corrected chi connectivity index (χ4v) is 3.92. The summed E-state index contributed by atoms with van der Waals surface area (Å²) in [6.45, 7) is 2.13. The highest BCUT2D eigenvalue weighted by Crippen LogP contribution is 2.28. The van der Waals surface area contributed by atoms with Crippen LogP contribution in [0.2, 0.25) is 0 Å². The number of aliphatic imine (C=N–C) groups is 1. The number of hydrogen-bond acceptors (Lipinski definition) is 7. The molecular weight excluding hydrogens is 400 g/mol. The third-order valence-electron chi connectivity index (χ3n) is 5.60. The summed E-state index contributed by atoms with van der Waals surface area (Å²) in [6.07, 6.45) is 5.86. The molecule has 4 aromatic rings. The van der Waals surface area contributed by atoms with Gasteiger partial charge in [0.1, 0.15) is 12.2 Å². The van der Waals surface area contributed by atoms with Crippen LogP contribution in [0.15, 0.2) is 90.3 Å². The van der Waals surface area contributed by atoms with Crippen molar-refractivity contribution in [2.45, 2.75) is 19.1 Å². The van der Waals surface area contributed by atoms with Gasteiger partial charge in [0.25, 0.3) is 0 Å². The molecule has 160 valence electrons. The molecule has 2 atom stereocenters. The summed E-state index contributed by atoms with van der Waals surface area (Å²) in [4.78, 5) is 14.0. The van der Waals surface area contributed by atoms with Crippen LogP contribution in [0.3, 0.4) is 0 Å². The van der Waals surface area contributed by atoms with Gasteiger partial charge in [-0.05, 0) is 18.1 Å². The normalized spacial score (nSPS) is 18.7. The summed E-state index contributed by atoms with van der Waals surface area (Å²) >= 11 is 0. The van der Waals surface area contributed by atoms with Gasteiger partial charge >= 0.3 is 0 Å². The molecular formula is C24H24N8. The van der Waals surface area contributed by atoms with Crippen LogP contribution in [-0.2, 0) is 6.42 Å². The van der Waals surface area contributed by atoms with Crippen LogP contribution >= 0.6 is 0 Å². The summed E-state index contributed by atoms with van der Waals surface area (Å²) in [5.41, 5.74) is 9.83.